The van der Waals surface area contributed by atoms with E-state index in [0.29, 0.717) is 17.0 Å². The van der Waals surface area contributed by atoms with Crippen LogP contribution in [0.4, 0.5) is 5.69 Å². The van der Waals surface area contributed by atoms with E-state index in [2.05, 4.69) is 0 Å². The summed E-state index contributed by atoms with van der Waals surface area (Å²) in [4.78, 5) is 14.6. The zero-order valence-corrected chi connectivity index (χ0v) is 18.7. The third-order valence-electron chi connectivity index (χ3n) is 5.04. The highest BCUT2D eigenvalue weighted by Crippen LogP contribution is 2.25. The number of amides is 1. The number of carbonyl (C=O) groups excluding carboxylic acids is 1. The van der Waals surface area contributed by atoms with Crippen molar-refractivity contribution in [3.63, 3.8) is 0 Å². The zero-order valence-electron chi connectivity index (χ0n) is 17.9. The van der Waals surface area contributed by atoms with E-state index in [-0.39, 0.29) is 23.9 Å². The van der Waals surface area contributed by atoms with Crippen molar-refractivity contribution in [2.45, 2.75) is 18.4 Å². The lowest BCUT2D eigenvalue weighted by atomic mass is 10.2. The van der Waals surface area contributed by atoms with Crippen LogP contribution >= 0.6 is 0 Å². The van der Waals surface area contributed by atoms with Crippen LogP contribution in [-0.4, -0.2) is 39.3 Å². The average Bonchev–Trinajstić information content (AvgIpc) is 2.79. The quantitative estimate of drug-likeness (QED) is 0.536. The van der Waals surface area contributed by atoms with Gasteiger partial charge in [-0.3, -0.25) is 4.79 Å². The van der Waals surface area contributed by atoms with Crippen molar-refractivity contribution in [3.8, 4) is 5.75 Å². The number of hydrogen-bond donors (Lipinski definition) is 0. The summed E-state index contributed by atoms with van der Waals surface area (Å²) in [5, 5.41) is 0. The van der Waals surface area contributed by atoms with Crippen LogP contribution in [0, 0.1) is 6.92 Å². The number of sulfonamides is 1. The maximum absolute atomic E-state index is 13.5. The summed E-state index contributed by atoms with van der Waals surface area (Å²) >= 11 is 0. The van der Waals surface area contributed by atoms with Gasteiger partial charge in [-0.1, -0.05) is 48.5 Å². The van der Waals surface area contributed by atoms with Gasteiger partial charge in [-0.25, -0.2) is 8.42 Å². The van der Waals surface area contributed by atoms with Crippen LogP contribution < -0.4 is 9.64 Å². The molecule has 0 saturated carbocycles. The van der Waals surface area contributed by atoms with Crippen molar-refractivity contribution in [2.75, 3.05) is 25.6 Å². The van der Waals surface area contributed by atoms with Crippen molar-refractivity contribution < 1.29 is 17.9 Å². The van der Waals surface area contributed by atoms with Gasteiger partial charge in [-0.2, -0.15) is 4.31 Å². The van der Waals surface area contributed by atoms with Gasteiger partial charge in [0.2, 0.25) is 15.9 Å². The first-order valence-corrected chi connectivity index (χ1v) is 11.3. The molecule has 3 rings (SSSR count). The lowest BCUT2D eigenvalue weighted by Gasteiger charge is -2.25. The molecule has 0 unspecified atom stereocenters. The molecule has 162 valence electrons. The second kappa shape index (κ2) is 9.76. The molecular weight excluding hydrogens is 412 g/mol. The first-order valence-electron chi connectivity index (χ1n) is 9.83. The fourth-order valence-corrected chi connectivity index (χ4v) is 4.69. The minimum atomic E-state index is -3.93. The molecule has 3 aromatic rings. The average molecular weight is 439 g/mol. The maximum atomic E-state index is 13.5. The highest BCUT2D eigenvalue weighted by atomic mass is 32.2. The number of methoxy groups -OCH3 is 1. The van der Waals surface area contributed by atoms with Crippen molar-refractivity contribution in [2.24, 2.45) is 0 Å². The summed E-state index contributed by atoms with van der Waals surface area (Å²) in [6.45, 7) is 1.59. The SMILES string of the molecule is COc1ccc(S(=O)(=O)N(CC(=O)N(C)c2ccccc2)Cc2ccccc2)cc1C. The van der Waals surface area contributed by atoms with Crippen LogP contribution in [0.1, 0.15) is 11.1 Å². The molecule has 0 N–H and O–H groups in total. The van der Waals surface area contributed by atoms with Gasteiger partial charge >= 0.3 is 0 Å². The molecule has 0 saturated heterocycles. The van der Waals surface area contributed by atoms with E-state index in [1.54, 1.807) is 38.2 Å². The molecule has 0 fully saturated rings. The van der Waals surface area contributed by atoms with Crippen molar-refractivity contribution in [3.05, 3.63) is 90.0 Å². The number of hydrogen-bond acceptors (Lipinski definition) is 4. The number of aryl methyl sites for hydroxylation is 1. The molecular formula is C24H26N2O4S. The number of para-hydroxylation sites is 1. The lowest BCUT2D eigenvalue weighted by Crippen LogP contribution is -2.41. The zero-order chi connectivity index (χ0) is 22.4. The molecule has 0 bridgehead atoms. The predicted octanol–water partition coefficient (Wildman–Crippen LogP) is 3.86. The third kappa shape index (κ3) is 5.31. The second-order valence-electron chi connectivity index (χ2n) is 7.18. The van der Waals surface area contributed by atoms with Crippen LogP contribution in [0.2, 0.25) is 0 Å². The second-order valence-corrected chi connectivity index (χ2v) is 9.12. The van der Waals surface area contributed by atoms with Crippen molar-refractivity contribution >= 4 is 21.6 Å². The monoisotopic (exact) mass is 438 g/mol. The van der Waals surface area contributed by atoms with Gasteiger partial charge in [0.25, 0.3) is 0 Å². The molecule has 0 aliphatic carbocycles. The Kier molecular flexibility index (Phi) is 7.09. The van der Waals surface area contributed by atoms with Gasteiger partial charge in [-0.05, 0) is 48.4 Å². The van der Waals surface area contributed by atoms with Gasteiger partial charge in [0.05, 0.1) is 18.6 Å². The molecule has 1 amide bonds. The molecule has 0 aromatic heterocycles. The topological polar surface area (TPSA) is 66.9 Å². The molecule has 0 spiro atoms. The first-order chi connectivity index (χ1) is 14.8. The Morgan fingerprint density at radius 2 is 1.55 bits per heavy atom. The summed E-state index contributed by atoms with van der Waals surface area (Å²) in [7, 11) is -0.748. The Morgan fingerprint density at radius 3 is 2.13 bits per heavy atom. The fourth-order valence-electron chi connectivity index (χ4n) is 3.23. The van der Waals surface area contributed by atoms with E-state index in [1.807, 2.05) is 48.5 Å². The summed E-state index contributed by atoms with van der Waals surface area (Å²) in [6, 6.07) is 23.1. The summed E-state index contributed by atoms with van der Waals surface area (Å²) < 4.78 is 33.5. The summed E-state index contributed by atoms with van der Waals surface area (Å²) in [5.74, 6) is 0.282. The molecule has 3 aromatic carbocycles. The summed E-state index contributed by atoms with van der Waals surface area (Å²) in [6.07, 6.45) is 0. The molecule has 6 nitrogen and oxygen atoms in total. The fraction of sp³-hybridized carbons (Fsp3) is 0.208. The van der Waals surface area contributed by atoms with E-state index in [4.69, 9.17) is 4.74 Å². The van der Waals surface area contributed by atoms with Crippen LogP contribution in [0.15, 0.2) is 83.8 Å². The predicted molar refractivity (Wildman–Crippen MR) is 122 cm³/mol. The van der Waals surface area contributed by atoms with Gasteiger partial charge < -0.3 is 9.64 Å². The summed E-state index contributed by atoms with van der Waals surface area (Å²) in [5.41, 5.74) is 2.20. The van der Waals surface area contributed by atoms with Gasteiger partial charge in [0.1, 0.15) is 5.75 Å². The van der Waals surface area contributed by atoms with Crippen molar-refractivity contribution in [1.29, 1.82) is 0 Å². The Balaban J connectivity index is 1.94. The smallest absolute Gasteiger partial charge is 0.243 e. The standard InChI is InChI=1S/C24H26N2O4S/c1-19-16-22(14-15-23(19)30-3)31(28,29)26(17-20-10-6-4-7-11-20)18-24(27)25(2)21-12-8-5-9-13-21/h4-16H,17-18H2,1-3H3. The molecule has 31 heavy (non-hydrogen) atoms. The molecule has 0 aliphatic rings. The highest BCUT2D eigenvalue weighted by molar-refractivity contribution is 7.89. The first kappa shape index (κ1) is 22.5. The van der Waals surface area contributed by atoms with Gasteiger partial charge in [0.15, 0.2) is 0 Å². The van der Waals surface area contributed by atoms with Crippen LogP contribution in [-0.2, 0) is 21.4 Å². The van der Waals surface area contributed by atoms with E-state index in [0.717, 1.165) is 5.56 Å². The molecule has 0 atom stereocenters. The molecule has 0 heterocycles. The number of benzene rings is 3. The Bertz CT molecular complexity index is 1130. The van der Waals surface area contributed by atoms with Gasteiger partial charge in [0, 0.05) is 19.3 Å². The van der Waals surface area contributed by atoms with E-state index < -0.39 is 10.0 Å². The largest absolute Gasteiger partial charge is 0.496 e. The number of anilines is 1. The maximum Gasteiger partial charge on any atom is 0.243 e. The minimum absolute atomic E-state index is 0.0859. The number of nitrogens with zero attached hydrogens (tertiary/aromatic N) is 2. The van der Waals surface area contributed by atoms with E-state index in [9.17, 15) is 13.2 Å². The number of carbonyl (C=O) groups is 1. The normalized spacial score (nSPS) is 11.4. The Labute approximate surface area is 183 Å². The third-order valence-corrected chi connectivity index (χ3v) is 6.82. The Morgan fingerprint density at radius 1 is 0.935 bits per heavy atom. The number of likely N-dealkylation sites (N-methyl/N-ethyl adjacent to an activating group) is 1. The number of ether oxygens (including phenoxy) is 1. The van der Waals surface area contributed by atoms with Crippen molar-refractivity contribution in [1.82, 2.24) is 4.31 Å². The number of rotatable bonds is 8. The minimum Gasteiger partial charge on any atom is -0.496 e. The lowest BCUT2D eigenvalue weighted by molar-refractivity contribution is -0.118. The molecule has 7 heteroatoms. The van der Waals surface area contributed by atoms with E-state index in [1.165, 1.54) is 22.4 Å². The molecule has 0 radical (unpaired) electrons. The van der Waals surface area contributed by atoms with Gasteiger partial charge in [-0.15, -0.1) is 0 Å². The van der Waals surface area contributed by atoms with Crippen LogP contribution in [0.3, 0.4) is 0 Å². The van der Waals surface area contributed by atoms with E-state index >= 15 is 0 Å². The highest BCUT2D eigenvalue weighted by Gasteiger charge is 2.28. The van der Waals surface area contributed by atoms with Crippen LogP contribution in [0.5, 0.6) is 5.75 Å². The molecule has 0 aliphatic heterocycles. The Hall–Kier alpha value is -3.16. The van der Waals surface area contributed by atoms with Crippen LogP contribution in [0.25, 0.3) is 0 Å².